The number of carboxylic acid groups (broad SMARTS) is 1. The van der Waals surface area contributed by atoms with Gasteiger partial charge < -0.3 is 9.84 Å². The SMILES string of the molecule is CCC(Cl)C(=O)OC(=O)O. The fourth-order valence-corrected chi connectivity index (χ4v) is 0.361. The Hall–Kier alpha value is -0.770. The Kier molecular flexibility index (Phi) is 3.79. The van der Waals surface area contributed by atoms with Gasteiger partial charge in [-0.05, 0) is 6.42 Å². The van der Waals surface area contributed by atoms with Crippen LogP contribution in [0.25, 0.3) is 0 Å². The molecule has 10 heavy (non-hydrogen) atoms. The van der Waals surface area contributed by atoms with E-state index in [4.69, 9.17) is 16.7 Å². The van der Waals surface area contributed by atoms with Crippen molar-refractivity contribution in [3.63, 3.8) is 0 Å². The summed E-state index contributed by atoms with van der Waals surface area (Å²) < 4.78 is 3.75. The van der Waals surface area contributed by atoms with Gasteiger partial charge in [0.1, 0.15) is 5.38 Å². The number of hydrogen-bond acceptors (Lipinski definition) is 3. The molecule has 0 aromatic carbocycles. The standard InChI is InChI=1S/C5H7ClO4/c1-2-3(6)4(7)10-5(8)9/h3H,2H2,1H3,(H,8,9). The predicted molar refractivity (Wildman–Crippen MR) is 34.0 cm³/mol. The molecule has 0 amide bonds. The topological polar surface area (TPSA) is 63.6 Å². The van der Waals surface area contributed by atoms with Crippen molar-refractivity contribution in [2.24, 2.45) is 0 Å². The molecule has 0 saturated heterocycles. The van der Waals surface area contributed by atoms with Gasteiger partial charge in [0.25, 0.3) is 0 Å². The first-order valence-corrected chi connectivity index (χ1v) is 3.10. The molecule has 4 nitrogen and oxygen atoms in total. The Labute approximate surface area is 62.7 Å². The van der Waals surface area contributed by atoms with E-state index in [2.05, 4.69) is 4.74 Å². The summed E-state index contributed by atoms with van der Waals surface area (Å²) in [7, 11) is 0. The normalized spacial score (nSPS) is 12.2. The van der Waals surface area contributed by atoms with Gasteiger partial charge in [-0.2, -0.15) is 0 Å². The van der Waals surface area contributed by atoms with E-state index in [1.54, 1.807) is 6.92 Å². The molecule has 0 rings (SSSR count). The molecule has 0 heterocycles. The third-order valence-electron chi connectivity index (χ3n) is 0.802. The lowest BCUT2D eigenvalue weighted by Crippen LogP contribution is -2.19. The average Bonchev–Trinajstić information content (AvgIpc) is 1.85. The summed E-state index contributed by atoms with van der Waals surface area (Å²) in [6.45, 7) is 1.65. The summed E-state index contributed by atoms with van der Waals surface area (Å²) in [5.74, 6) is -0.920. The van der Waals surface area contributed by atoms with Crippen LogP contribution in [0.15, 0.2) is 0 Å². The second-order valence-corrected chi connectivity index (χ2v) is 2.09. The minimum absolute atomic E-state index is 0.355. The van der Waals surface area contributed by atoms with E-state index in [-0.39, 0.29) is 0 Å². The van der Waals surface area contributed by atoms with Crippen molar-refractivity contribution < 1.29 is 19.4 Å². The summed E-state index contributed by atoms with van der Waals surface area (Å²) in [6, 6.07) is 0. The van der Waals surface area contributed by atoms with Gasteiger partial charge in [-0.15, -0.1) is 11.6 Å². The Morgan fingerprint density at radius 1 is 1.70 bits per heavy atom. The van der Waals surface area contributed by atoms with Crippen LogP contribution in [0.4, 0.5) is 4.79 Å². The van der Waals surface area contributed by atoms with Crippen LogP contribution in [0.1, 0.15) is 13.3 Å². The van der Waals surface area contributed by atoms with Gasteiger partial charge >= 0.3 is 12.1 Å². The number of halogens is 1. The maximum absolute atomic E-state index is 10.4. The quantitative estimate of drug-likeness (QED) is 0.381. The second-order valence-electron chi connectivity index (χ2n) is 1.56. The Bertz CT molecular complexity index is 145. The van der Waals surface area contributed by atoms with Gasteiger partial charge in [0, 0.05) is 0 Å². The Morgan fingerprint density at radius 2 is 2.20 bits per heavy atom. The second kappa shape index (κ2) is 4.11. The molecule has 0 saturated carbocycles. The van der Waals surface area contributed by atoms with Crippen LogP contribution in [0.3, 0.4) is 0 Å². The van der Waals surface area contributed by atoms with Gasteiger partial charge in [0.15, 0.2) is 0 Å². The molecule has 0 aromatic rings. The van der Waals surface area contributed by atoms with Crippen molar-refractivity contribution in [2.75, 3.05) is 0 Å². The van der Waals surface area contributed by atoms with Gasteiger partial charge in [0.05, 0.1) is 0 Å². The van der Waals surface area contributed by atoms with E-state index in [0.717, 1.165) is 0 Å². The lowest BCUT2D eigenvalue weighted by molar-refractivity contribution is -0.138. The summed E-state index contributed by atoms with van der Waals surface area (Å²) in [4.78, 5) is 20.2. The zero-order valence-electron chi connectivity index (χ0n) is 5.33. The maximum Gasteiger partial charge on any atom is 0.513 e. The molecule has 1 unspecified atom stereocenters. The first kappa shape index (κ1) is 9.23. The lowest BCUT2D eigenvalue weighted by atomic mass is 10.3. The van der Waals surface area contributed by atoms with E-state index in [1.807, 2.05) is 0 Å². The van der Waals surface area contributed by atoms with Crippen molar-refractivity contribution in [3.8, 4) is 0 Å². The highest BCUT2D eigenvalue weighted by molar-refractivity contribution is 6.30. The Morgan fingerprint density at radius 3 is 2.50 bits per heavy atom. The third-order valence-corrected chi connectivity index (χ3v) is 1.29. The van der Waals surface area contributed by atoms with Gasteiger partial charge in [-0.1, -0.05) is 6.92 Å². The molecular weight excluding hydrogens is 160 g/mol. The third kappa shape index (κ3) is 3.29. The zero-order chi connectivity index (χ0) is 8.15. The first-order valence-electron chi connectivity index (χ1n) is 2.66. The maximum atomic E-state index is 10.4. The minimum Gasteiger partial charge on any atom is -0.449 e. The molecule has 0 bridgehead atoms. The highest BCUT2D eigenvalue weighted by Gasteiger charge is 2.17. The molecule has 0 aliphatic heterocycles. The van der Waals surface area contributed by atoms with Crippen molar-refractivity contribution in [2.45, 2.75) is 18.7 Å². The van der Waals surface area contributed by atoms with Crippen LogP contribution in [0.5, 0.6) is 0 Å². The number of rotatable bonds is 2. The molecule has 1 N–H and O–H groups in total. The van der Waals surface area contributed by atoms with Crippen molar-refractivity contribution in [3.05, 3.63) is 0 Å². The van der Waals surface area contributed by atoms with Crippen LogP contribution in [0.2, 0.25) is 0 Å². The molecular formula is C5H7ClO4. The van der Waals surface area contributed by atoms with E-state index >= 15 is 0 Å². The monoisotopic (exact) mass is 166 g/mol. The van der Waals surface area contributed by atoms with E-state index in [1.165, 1.54) is 0 Å². The van der Waals surface area contributed by atoms with Gasteiger partial charge in [-0.3, -0.25) is 0 Å². The van der Waals surface area contributed by atoms with Crippen molar-refractivity contribution in [1.82, 2.24) is 0 Å². The fourth-order valence-electron chi connectivity index (χ4n) is 0.317. The van der Waals surface area contributed by atoms with E-state index in [9.17, 15) is 9.59 Å². The van der Waals surface area contributed by atoms with Crippen LogP contribution < -0.4 is 0 Å². The van der Waals surface area contributed by atoms with Crippen LogP contribution in [0, 0.1) is 0 Å². The van der Waals surface area contributed by atoms with Crippen molar-refractivity contribution >= 4 is 23.7 Å². The van der Waals surface area contributed by atoms with Crippen LogP contribution >= 0.6 is 11.6 Å². The molecule has 1 atom stereocenters. The number of carbonyl (C=O) groups is 2. The average molecular weight is 167 g/mol. The smallest absolute Gasteiger partial charge is 0.449 e. The Balaban J connectivity index is 3.73. The van der Waals surface area contributed by atoms with Crippen LogP contribution in [-0.2, 0) is 9.53 Å². The summed E-state index contributed by atoms with van der Waals surface area (Å²) >= 11 is 5.32. The molecule has 0 aromatic heterocycles. The highest BCUT2D eigenvalue weighted by atomic mass is 35.5. The zero-order valence-corrected chi connectivity index (χ0v) is 6.09. The minimum atomic E-state index is -1.62. The summed E-state index contributed by atoms with van der Waals surface area (Å²) in [5.41, 5.74) is 0. The van der Waals surface area contributed by atoms with Crippen molar-refractivity contribution in [1.29, 1.82) is 0 Å². The fraction of sp³-hybridized carbons (Fsp3) is 0.600. The lowest BCUT2D eigenvalue weighted by Gasteiger charge is -2.01. The highest BCUT2D eigenvalue weighted by Crippen LogP contribution is 2.02. The summed E-state index contributed by atoms with van der Waals surface area (Å²) in [6.07, 6.45) is -1.27. The van der Waals surface area contributed by atoms with Crippen LogP contribution in [-0.4, -0.2) is 22.6 Å². The van der Waals surface area contributed by atoms with Gasteiger partial charge in [0.2, 0.25) is 0 Å². The van der Waals surface area contributed by atoms with E-state index in [0.29, 0.717) is 6.42 Å². The molecule has 5 heteroatoms. The molecule has 58 valence electrons. The number of ether oxygens (including phenoxy) is 1. The summed E-state index contributed by atoms with van der Waals surface area (Å²) in [5, 5.41) is 7.06. The number of hydrogen-bond donors (Lipinski definition) is 1. The number of alkyl halides is 1. The first-order chi connectivity index (χ1) is 4.57. The molecule has 0 fully saturated rings. The molecule has 0 spiro atoms. The van der Waals surface area contributed by atoms with Gasteiger partial charge in [-0.25, -0.2) is 9.59 Å². The predicted octanol–water partition coefficient (Wildman–Crippen LogP) is 1.22. The number of carbonyl (C=O) groups excluding carboxylic acids is 1. The largest absolute Gasteiger partial charge is 0.513 e. The molecule has 0 aliphatic rings. The van der Waals surface area contributed by atoms with E-state index < -0.39 is 17.5 Å². The number of esters is 1. The molecule has 0 aliphatic carbocycles. The molecule has 0 radical (unpaired) electrons.